The zero-order valence-corrected chi connectivity index (χ0v) is 9.25. The standard InChI is InChI=1S/C12H10FNOS/c13-11-2-1-3-12(10(11)8-15)16-9-4-6-14-7-5-9/h1-7,15H,8H2. The van der Waals surface area contributed by atoms with Gasteiger partial charge in [-0.1, -0.05) is 17.8 Å². The molecule has 0 spiro atoms. The molecule has 0 saturated carbocycles. The van der Waals surface area contributed by atoms with Crippen LogP contribution < -0.4 is 0 Å². The summed E-state index contributed by atoms with van der Waals surface area (Å²) in [6, 6.07) is 8.47. The molecule has 16 heavy (non-hydrogen) atoms. The van der Waals surface area contributed by atoms with Gasteiger partial charge in [-0.2, -0.15) is 0 Å². The van der Waals surface area contributed by atoms with Crippen LogP contribution in [0.2, 0.25) is 0 Å². The van der Waals surface area contributed by atoms with E-state index in [1.165, 1.54) is 17.8 Å². The highest BCUT2D eigenvalue weighted by molar-refractivity contribution is 7.99. The molecule has 0 radical (unpaired) electrons. The minimum Gasteiger partial charge on any atom is -0.392 e. The molecular formula is C12H10FNOS. The number of aliphatic hydroxyl groups is 1. The molecule has 2 rings (SSSR count). The highest BCUT2D eigenvalue weighted by Gasteiger charge is 2.08. The molecule has 1 heterocycles. The molecule has 0 aliphatic carbocycles. The Morgan fingerprint density at radius 1 is 1.19 bits per heavy atom. The molecule has 0 saturated heterocycles. The molecule has 4 heteroatoms. The second kappa shape index (κ2) is 5.09. The van der Waals surface area contributed by atoms with Crippen molar-refractivity contribution in [2.45, 2.75) is 16.4 Å². The molecule has 2 aromatic rings. The molecular weight excluding hydrogens is 225 g/mol. The monoisotopic (exact) mass is 235 g/mol. The van der Waals surface area contributed by atoms with Crippen molar-refractivity contribution >= 4 is 11.8 Å². The lowest BCUT2D eigenvalue weighted by Gasteiger charge is -2.07. The van der Waals surface area contributed by atoms with Gasteiger partial charge in [-0.3, -0.25) is 4.98 Å². The Kier molecular flexibility index (Phi) is 3.54. The number of aromatic nitrogens is 1. The van der Waals surface area contributed by atoms with E-state index in [-0.39, 0.29) is 12.4 Å². The third kappa shape index (κ3) is 2.40. The molecule has 0 atom stereocenters. The highest BCUT2D eigenvalue weighted by atomic mass is 32.2. The van der Waals surface area contributed by atoms with Gasteiger partial charge in [0.25, 0.3) is 0 Å². The summed E-state index contributed by atoms with van der Waals surface area (Å²) in [6.45, 7) is -0.292. The molecule has 0 bridgehead atoms. The first-order valence-corrected chi connectivity index (χ1v) is 5.59. The van der Waals surface area contributed by atoms with Crippen LogP contribution in [0, 0.1) is 5.82 Å². The minimum absolute atomic E-state index is 0.292. The van der Waals surface area contributed by atoms with Gasteiger partial charge in [0, 0.05) is 27.7 Å². The van der Waals surface area contributed by atoms with E-state index < -0.39 is 0 Å². The minimum atomic E-state index is -0.374. The van der Waals surface area contributed by atoms with Crippen LogP contribution in [0.15, 0.2) is 52.5 Å². The first-order valence-electron chi connectivity index (χ1n) is 4.77. The topological polar surface area (TPSA) is 33.1 Å². The number of hydrogen-bond donors (Lipinski definition) is 1. The summed E-state index contributed by atoms with van der Waals surface area (Å²) in [4.78, 5) is 5.61. The van der Waals surface area contributed by atoms with Gasteiger partial charge in [-0.15, -0.1) is 0 Å². The lowest BCUT2D eigenvalue weighted by atomic mass is 10.2. The van der Waals surface area contributed by atoms with E-state index >= 15 is 0 Å². The average Bonchev–Trinajstić information content (AvgIpc) is 2.31. The van der Waals surface area contributed by atoms with Crippen molar-refractivity contribution in [3.63, 3.8) is 0 Å². The number of nitrogens with zero attached hydrogens (tertiary/aromatic N) is 1. The summed E-state index contributed by atoms with van der Waals surface area (Å²) < 4.78 is 13.4. The number of rotatable bonds is 3. The number of halogens is 1. The summed E-state index contributed by atoms with van der Waals surface area (Å²) in [5, 5.41) is 9.11. The third-order valence-corrected chi connectivity index (χ3v) is 3.22. The summed E-state index contributed by atoms with van der Waals surface area (Å²) in [6.07, 6.45) is 3.36. The molecule has 1 N–H and O–H groups in total. The SMILES string of the molecule is OCc1c(F)cccc1Sc1ccncc1. The molecule has 0 fully saturated rings. The van der Waals surface area contributed by atoms with Crippen molar-refractivity contribution < 1.29 is 9.50 Å². The molecule has 2 nitrogen and oxygen atoms in total. The molecule has 1 aromatic heterocycles. The first kappa shape index (κ1) is 11.1. The van der Waals surface area contributed by atoms with E-state index in [1.807, 2.05) is 12.1 Å². The van der Waals surface area contributed by atoms with E-state index in [0.29, 0.717) is 5.56 Å². The summed E-state index contributed by atoms with van der Waals surface area (Å²) in [5.41, 5.74) is 0.337. The number of aliphatic hydroxyl groups excluding tert-OH is 1. The van der Waals surface area contributed by atoms with Crippen molar-refractivity contribution in [1.29, 1.82) is 0 Å². The van der Waals surface area contributed by atoms with Crippen LogP contribution in [0.3, 0.4) is 0 Å². The van der Waals surface area contributed by atoms with Crippen molar-refractivity contribution in [3.8, 4) is 0 Å². The van der Waals surface area contributed by atoms with E-state index in [1.54, 1.807) is 24.5 Å². The van der Waals surface area contributed by atoms with Crippen LogP contribution in [0.5, 0.6) is 0 Å². The maximum atomic E-state index is 13.4. The maximum Gasteiger partial charge on any atom is 0.129 e. The van der Waals surface area contributed by atoms with Crippen LogP contribution in [-0.4, -0.2) is 10.1 Å². The fourth-order valence-electron chi connectivity index (χ4n) is 1.32. The summed E-state index contributed by atoms with van der Waals surface area (Å²) in [5.74, 6) is -0.374. The third-order valence-electron chi connectivity index (χ3n) is 2.11. The van der Waals surface area contributed by atoms with Gasteiger partial charge >= 0.3 is 0 Å². The Morgan fingerprint density at radius 2 is 1.94 bits per heavy atom. The van der Waals surface area contributed by atoms with Gasteiger partial charge in [-0.25, -0.2) is 4.39 Å². The fraction of sp³-hybridized carbons (Fsp3) is 0.0833. The van der Waals surface area contributed by atoms with Crippen molar-refractivity contribution in [2.75, 3.05) is 0 Å². The number of pyridine rings is 1. The van der Waals surface area contributed by atoms with Gasteiger partial charge in [0.15, 0.2) is 0 Å². The second-order valence-electron chi connectivity index (χ2n) is 3.16. The second-order valence-corrected chi connectivity index (χ2v) is 4.27. The normalized spacial score (nSPS) is 10.4. The molecule has 0 unspecified atom stereocenters. The van der Waals surface area contributed by atoms with E-state index in [4.69, 9.17) is 5.11 Å². The molecule has 0 aliphatic heterocycles. The van der Waals surface area contributed by atoms with Crippen molar-refractivity contribution in [1.82, 2.24) is 4.98 Å². The van der Waals surface area contributed by atoms with Crippen molar-refractivity contribution in [3.05, 3.63) is 54.1 Å². The maximum absolute atomic E-state index is 13.4. The Bertz CT molecular complexity index is 476. The van der Waals surface area contributed by atoms with Gasteiger partial charge in [-0.05, 0) is 24.3 Å². The quantitative estimate of drug-likeness (QED) is 0.888. The largest absolute Gasteiger partial charge is 0.392 e. The van der Waals surface area contributed by atoms with Crippen molar-refractivity contribution in [2.24, 2.45) is 0 Å². The van der Waals surface area contributed by atoms with Gasteiger partial charge in [0.05, 0.1) is 6.61 Å². The number of benzene rings is 1. The lowest BCUT2D eigenvalue weighted by molar-refractivity contribution is 0.272. The zero-order valence-electron chi connectivity index (χ0n) is 8.43. The van der Waals surface area contributed by atoms with Gasteiger partial charge in [0.1, 0.15) is 5.82 Å². The predicted molar refractivity (Wildman–Crippen MR) is 60.7 cm³/mol. The van der Waals surface area contributed by atoms with Crippen LogP contribution in [0.4, 0.5) is 4.39 Å². The summed E-state index contributed by atoms with van der Waals surface area (Å²) >= 11 is 1.41. The Labute approximate surface area is 97.2 Å². The smallest absolute Gasteiger partial charge is 0.129 e. The molecule has 82 valence electrons. The zero-order chi connectivity index (χ0) is 11.4. The van der Waals surface area contributed by atoms with E-state index in [9.17, 15) is 4.39 Å². The van der Waals surface area contributed by atoms with Crippen LogP contribution in [-0.2, 0) is 6.61 Å². The molecule has 0 aliphatic rings. The Morgan fingerprint density at radius 3 is 2.62 bits per heavy atom. The van der Waals surface area contributed by atoms with Crippen LogP contribution in [0.25, 0.3) is 0 Å². The summed E-state index contributed by atoms with van der Waals surface area (Å²) in [7, 11) is 0. The fourth-order valence-corrected chi connectivity index (χ4v) is 2.26. The number of hydrogen-bond acceptors (Lipinski definition) is 3. The Balaban J connectivity index is 2.31. The van der Waals surface area contributed by atoms with Gasteiger partial charge < -0.3 is 5.11 Å². The first-order chi connectivity index (χ1) is 7.81. The van der Waals surface area contributed by atoms with E-state index in [2.05, 4.69) is 4.98 Å². The van der Waals surface area contributed by atoms with Gasteiger partial charge in [0.2, 0.25) is 0 Å². The van der Waals surface area contributed by atoms with Crippen LogP contribution >= 0.6 is 11.8 Å². The highest BCUT2D eigenvalue weighted by Crippen LogP contribution is 2.31. The van der Waals surface area contributed by atoms with Crippen LogP contribution in [0.1, 0.15) is 5.56 Å². The predicted octanol–water partition coefficient (Wildman–Crippen LogP) is 2.86. The average molecular weight is 235 g/mol. The Hall–Kier alpha value is -1.39. The molecule has 0 amide bonds. The lowest BCUT2D eigenvalue weighted by Crippen LogP contribution is -1.92. The molecule has 1 aromatic carbocycles. The van der Waals surface area contributed by atoms with E-state index in [0.717, 1.165) is 9.79 Å².